The van der Waals surface area contributed by atoms with Gasteiger partial charge in [0.15, 0.2) is 0 Å². The normalized spacial score (nSPS) is 14.8. The maximum Gasteiger partial charge on any atom is 0.306 e. The fraction of sp³-hybridized carbons (Fsp3) is 0.625. The van der Waals surface area contributed by atoms with Gasteiger partial charge in [-0.25, -0.2) is 0 Å². The van der Waals surface area contributed by atoms with Gasteiger partial charge in [0.1, 0.15) is 12.6 Å². The molecule has 0 aliphatic heterocycles. The lowest BCUT2D eigenvalue weighted by Gasteiger charge is -2.17. The molecule has 80 valence electrons. The van der Waals surface area contributed by atoms with Gasteiger partial charge in [-0.05, 0) is 6.42 Å². The van der Waals surface area contributed by atoms with E-state index in [1.54, 1.807) is 0 Å². The van der Waals surface area contributed by atoms with Crippen molar-refractivity contribution in [2.45, 2.75) is 25.0 Å². The number of carboxylic acid groups (broad SMARTS) is 1. The summed E-state index contributed by atoms with van der Waals surface area (Å²) in [4.78, 5) is 30.6. The predicted molar refractivity (Wildman–Crippen MR) is 46.5 cm³/mol. The van der Waals surface area contributed by atoms with Crippen molar-refractivity contribution in [2.75, 3.05) is 0 Å². The number of carbonyl (C=O) groups is 3. The first kappa shape index (κ1) is 12.7. The van der Waals surface area contributed by atoms with Crippen LogP contribution in [0.3, 0.4) is 0 Å². The van der Waals surface area contributed by atoms with Gasteiger partial charge in [0.05, 0.1) is 18.4 Å². The summed E-state index contributed by atoms with van der Waals surface area (Å²) in [5, 5.41) is 17.5. The van der Waals surface area contributed by atoms with E-state index in [-0.39, 0.29) is 6.42 Å². The number of carbonyl (C=O) groups excluding carboxylic acids is 2. The van der Waals surface area contributed by atoms with Crippen LogP contribution < -0.4 is 5.73 Å². The number of rotatable bonds is 7. The Hall–Kier alpha value is -1.27. The van der Waals surface area contributed by atoms with Crippen molar-refractivity contribution >= 4 is 18.5 Å². The highest BCUT2D eigenvalue weighted by atomic mass is 16.4. The fourth-order valence-corrected chi connectivity index (χ4v) is 0.945. The molecule has 6 heteroatoms. The molecule has 4 N–H and O–H groups in total. The van der Waals surface area contributed by atoms with Crippen molar-refractivity contribution in [3.8, 4) is 0 Å². The van der Waals surface area contributed by atoms with Crippen LogP contribution in [0.2, 0.25) is 0 Å². The van der Waals surface area contributed by atoms with E-state index in [9.17, 15) is 19.5 Å². The molecule has 14 heavy (non-hydrogen) atoms. The average Bonchev–Trinajstić information content (AvgIpc) is 2.12. The van der Waals surface area contributed by atoms with Crippen LogP contribution in [0.4, 0.5) is 0 Å². The van der Waals surface area contributed by atoms with Gasteiger partial charge in [0.25, 0.3) is 0 Å². The largest absolute Gasteiger partial charge is 0.481 e. The molecular formula is C8H13NO5. The Bertz CT molecular complexity index is 210. The molecule has 0 amide bonds. The molecule has 6 nitrogen and oxygen atoms in total. The molecule has 0 aromatic rings. The van der Waals surface area contributed by atoms with Crippen molar-refractivity contribution in [3.63, 3.8) is 0 Å². The van der Waals surface area contributed by atoms with E-state index in [1.807, 2.05) is 0 Å². The molecule has 0 spiro atoms. The smallest absolute Gasteiger partial charge is 0.306 e. The molecule has 0 saturated heterocycles. The Morgan fingerprint density at radius 3 is 2.21 bits per heavy atom. The topological polar surface area (TPSA) is 118 Å². The third-order valence-electron chi connectivity index (χ3n) is 1.77. The summed E-state index contributed by atoms with van der Waals surface area (Å²) in [6.45, 7) is 0. The molecule has 0 heterocycles. The molecule has 0 rings (SSSR count). The van der Waals surface area contributed by atoms with E-state index in [4.69, 9.17) is 10.8 Å². The Kier molecular flexibility index (Phi) is 5.66. The summed E-state index contributed by atoms with van der Waals surface area (Å²) in [6, 6.07) is -0.883. The quantitative estimate of drug-likeness (QED) is 0.344. The van der Waals surface area contributed by atoms with Crippen molar-refractivity contribution < 1.29 is 24.6 Å². The van der Waals surface area contributed by atoms with E-state index in [1.165, 1.54) is 0 Å². The van der Waals surface area contributed by atoms with Crippen LogP contribution >= 0.6 is 0 Å². The van der Waals surface area contributed by atoms with Crippen LogP contribution in [0.1, 0.15) is 12.8 Å². The van der Waals surface area contributed by atoms with Crippen molar-refractivity contribution in [3.05, 3.63) is 0 Å². The van der Waals surface area contributed by atoms with E-state index >= 15 is 0 Å². The zero-order chi connectivity index (χ0) is 11.1. The van der Waals surface area contributed by atoms with E-state index in [0.29, 0.717) is 12.6 Å². The van der Waals surface area contributed by atoms with Gasteiger partial charge in [0, 0.05) is 6.04 Å². The van der Waals surface area contributed by atoms with E-state index < -0.39 is 30.5 Å². The first-order valence-corrected chi connectivity index (χ1v) is 4.07. The second-order valence-corrected chi connectivity index (χ2v) is 3.00. The standard InChI is InChI=1S/C8H13NO5/c9-6(1-5(3-10)4-11)7(12)2-8(13)14/h3-7,12H,1-2,9H2,(H,13,14)/t6-,7-/m0/s1. The highest BCUT2D eigenvalue weighted by molar-refractivity contribution is 5.77. The SMILES string of the molecule is N[C@@H](CC(C=O)C=O)[C@@H](O)CC(=O)O. The maximum atomic E-state index is 10.2. The Morgan fingerprint density at radius 1 is 1.36 bits per heavy atom. The molecule has 0 aromatic heterocycles. The lowest BCUT2D eigenvalue weighted by atomic mass is 9.98. The number of aldehydes is 2. The Balaban J connectivity index is 4.04. The molecule has 0 bridgehead atoms. The van der Waals surface area contributed by atoms with Crippen molar-refractivity contribution in [2.24, 2.45) is 11.7 Å². The Morgan fingerprint density at radius 2 is 1.86 bits per heavy atom. The summed E-state index contributed by atoms with van der Waals surface area (Å²) in [5.74, 6) is -2.06. The number of hydrogen-bond donors (Lipinski definition) is 3. The highest BCUT2D eigenvalue weighted by Crippen LogP contribution is 2.06. The van der Waals surface area contributed by atoms with Crippen LogP contribution in [0, 0.1) is 5.92 Å². The van der Waals surface area contributed by atoms with Crippen molar-refractivity contribution in [1.29, 1.82) is 0 Å². The molecule has 0 aromatic carbocycles. The van der Waals surface area contributed by atoms with Gasteiger partial charge in [0.2, 0.25) is 0 Å². The summed E-state index contributed by atoms with van der Waals surface area (Å²) in [6.07, 6.45) is -0.941. The first-order valence-electron chi connectivity index (χ1n) is 4.07. The zero-order valence-corrected chi connectivity index (χ0v) is 7.50. The molecule has 0 aliphatic carbocycles. The van der Waals surface area contributed by atoms with Crippen LogP contribution in [-0.4, -0.2) is 40.9 Å². The van der Waals surface area contributed by atoms with E-state index in [0.717, 1.165) is 0 Å². The van der Waals surface area contributed by atoms with Gasteiger partial charge < -0.3 is 25.5 Å². The second-order valence-electron chi connectivity index (χ2n) is 3.00. The van der Waals surface area contributed by atoms with Gasteiger partial charge in [-0.1, -0.05) is 0 Å². The minimum atomic E-state index is -1.24. The molecule has 0 radical (unpaired) electrons. The number of aliphatic carboxylic acids is 1. The first-order chi connectivity index (χ1) is 6.51. The zero-order valence-electron chi connectivity index (χ0n) is 7.50. The molecule has 0 fully saturated rings. The molecule has 0 saturated carbocycles. The molecular weight excluding hydrogens is 190 g/mol. The monoisotopic (exact) mass is 203 g/mol. The lowest BCUT2D eigenvalue weighted by molar-refractivity contribution is -0.139. The second kappa shape index (κ2) is 6.22. The summed E-state index contributed by atoms with van der Waals surface area (Å²) in [5.41, 5.74) is 5.39. The van der Waals surface area contributed by atoms with Crippen LogP contribution in [0.25, 0.3) is 0 Å². The molecule has 0 unspecified atom stereocenters. The highest BCUT2D eigenvalue weighted by Gasteiger charge is 2.21. The summed E-state index contributed by atoms with van der Waals surface area (Å²) in [7, 11) is 0. The number of aliphatic hydroxyl groups is 1. The van der Waals surface area contributed by atoms with Crippen LogP contribution in [-0.2, 0) is 14.4 Å². The number of hydrogen-bond acceptors (Lipinski definition) is 5. The van der Waals surface area contributed by atoms with Crippen LogP contribution in [0.5, 0.6) is 0 Å². The minimum absolute atomic E-state index is 0.0402. The Labute approximate surface area is 80.7 Å². The maximum absolute atomic E-state index is 10.2. The molecule has 2 atom stereocenters. The number of aliphatic hydroxyl groups excluding tert-OH is 1. The predicted octanol–water partition coefficient (Wildman–Crippen LogP) is -1.45. The van der Waals surface area contributed by atoms with Gasteiger partial charge in [-0.2, -0.15) is 0 Å². The lowest BCUT2D eigenvalue weighted by Crippen LogP contribution is -2.38. The number of carboxylic acids is 1. The van der Waals surface area contributed by atoms with E-state index in [2.05, 4.69) is 0 Å². The third kappa shape index (κ3) is 4.68. The van der Waals surface area contributed by atoms with Crippen molar-refractivity contribution in [1.82, 2.24) is 0 Å². The minimum Gasteiger partial charge on any atom is -0.481 e. The summed E-state index contributed by atoms with van der Waals surface area (Å²) >= 11 is 0. The van der Waals surface area contributed by atoms with Gasteiger partial charge in [-0.15, -0.1) is 0 Å². The fourth-order valence-electron chi connectivity index (χ4n) is 0.945. The number of nitrogens with two attached hydrogens (primary N) is 1. The van der Waals surface area contributed by atoms with Gasteiger partial charge >= 0.3 is 5.97 Å². The van der Waals surface area contributed by atoms with Gasteiger partial charge in [-0.3, -0.25) is 4.79 Å². The molecule has 0 aliphatic rings. The third-order valence-corrected chi connectivity index (χ3v) is 1.77. The average molecular weight is 203 g/mol. The summed E-state index contributed by atoms with van der Waals surface area (Å²) < 4.78 is 0. The van der Waals surface area contributed by atoms with Crippen LogP contribution in [0.15, 0.2) is 0 Å².